The third-order valence-electron chi connectivity index (χ3n) is 1.43. The van der Waals surface area contributed by atoms with E-state index in [-0.39, 0.29) is 5.56 Å². The third-order valence-corrected chi connectivity index (χ3v) is 1.89. The lowest BCUT2D eigenvalue weighted by Gasteiger charge is -2.08. The molecule has 3 nitrogen and oxygen atoms in total. The van der Waals surface area contributed by atoms with Gasteiger partial charge in [-0.2, -0.15) is 0 Å². The van der Waals surface area contributed by atoms with Crippen molar-refractivity contribution in [2.45, 2.75) is 3.79 Å². The van der Waals surface area contributed by atoms with Gasteiger partial charge in [-0.1, -0.05) is 53.0 Å². The maximum Gasteiger partial charge on any atom is 0.366 e. The lowest BCUT2D eigenvalue weighted by atomic mass is 10.2. The number of ether oxygens (including phenoxy) is 1. The summed E-state index contributed by atoms with van der Waals surface area (Å²) in [6.45, 7) is 0. The number of carbonyl (C=O) groups is 2. The molecule has 0 aliphatic heterocycles. The lowest BCUT2D eigenvalue weighted by Crippen LogP contribution is -2.25. The second-order valence-corrected chi connectivity index (χ2v) is 4.82. The Morgan fingerprint density at radius 1 is 1.07 bits per heavy atom. The van der Waals surface area contributed by atoms with Crippen LogP contribution in [0, 0.1) is 0 Å². The van der Waals surface area contributed by atoms with E-state index in [4.69, 9.17) is 34.8 Å². The summed E-state index contributed by atoms with van der Waals surface area (Å²) in [6, 6.07) is 7.92. The van der Waals surface area contributed by atoms with Crippen molar-refractivity contribution in [1.29, 1.82) is 0 Å². The first-order valence-corrected chi connectivity index (χ1v) is 4.93. The van der Waals surface area contributed by atoms with Gasteiger partial charge in [0.2, 0.25) is 0 Å². The molecule has 0 unspecified atom stereocenters. The SMILES string of the molecule is O=C(OC(=O)C(Cl)(Cl)Cl)c1ccccc1. The van der Waals surface area contributed by atoms with Crippen LogP contribution in [0.4, 0.5) is 0 Å². The van der Waals surface area contributed by atoms with Gasteiger partial charge in [-0.3, -0.25) is 0 Å². The molecule has 0 aliphatic rings. The molecule has 0 spiro atoms. The molecule has 0 saturated carbocycles. The molecule has 1 aromatic carbocycles. The summed E-state index contributed by atoms with van der Waals surface area (Å²) < 4.78 is 2.08. The van der Waals surface area contributed by atoms with Crippen molar-refractivity contribution in [1.82, 2.24) is 0 Å². The monoisotopic (exact) mass is 266 g/mol. The molecule has 1 rings (SSSR count). The highest BCUT2D eigenvalue weighted by atomic mass is 35.6. The standard InChI is InChI=1S/C9H5Cl3O3/c10-9(11,12)8(14)15-7(13)6-4-2-1-3-5-6/h1-5H. The van der Waals surface area contributed by atoms with Crippen molar-refractivity contribution in [3.05, 3.63) is 35.9 Å². The average molecular weight is 267 g/mol. The molecule has 0 amide bonds. The van der Waals surface area contributed by atoms with Gasteiger partial charge in [0.15, 0.2) is 0 Å². The van der Waals surface area contributed by atoms with Crippen molar-refractivity contribution in [2.24, 2.45) is 0 Å². The van der Waals surface area contributed by atoms with Crippen LogP contribution in [0.25, 0.3) is 0 Å². The van der Waals surface area contributed by atoms with Gasteiger partial charge < -0.3 is 4.74 Å². The Labute approximate surface area is 101 Å². The summed E-state index contributed by atoms with van der Waals surface area (Å²) in [5.41, 5.74) is 0.208. The van der Waals surface area contributed by atoms with Crippen LogP contribution < -0.4 is 0 Å². The minimum atomic E-state index is -2.25. The summed E-state index contributed by atoms with van der Waals surface area (Å²) in [4.78, 5) is 22.3. The fourth-order valence-electron chi connectivity index (χ4n) is 0.775. The van der Waals surface area contributed by atoms with Gasteiger partial charge in [-0.25, -0.2) is 9.59 Å². The molecule has 0 atom stereocenters. The molecule has 0 bridgehead atoms. The van der Waals surface area contributed by atoms with Crippen LogP contribution in [-0.2, 0) is 9.53 Å². The number of benzene rings is 1. The first-order valence-electron chi connectivity index (χ1n) is 3.79. The third kappa shape index (κ3) is 3.70. The number of hydrogen-bond acceptors (Lipinski definition) is 3. The highest BCUT2D eigenvalue weighted by Gasteiger charge is 2.34. The largest absolute Gasteiger partial charge is 0.386 e. The molecule has 0 heterocycles. The van der Waals surface area contributed by atoms with Crippen LogP contribution >= 0.6 is 34.8 Å². The smallest absolute Gasteiger partial charge is 0.366 e. The minimum Gasteiger partial charge on any atom is -0.386 e. The van der Waals surface area contributed by atoms with Crippen LogP contribution in [-0.4, -0.2) is 15.7 Å². The zero-order valence-electron chi connectivity index (χ0n) is 7.25. The molecule has 0 N–H and O–H groups in total. The first-order chi connectivity index (χ1) is 6.91. The Bertz CT molecular complexity index is 370. The number of halogens is 3. The normalized spacial score (nSPS) is 10.9. The Hall–Kier alpha value is -0.770. The number of rotatable bonds is 1. The molecular weight excluding hydrogens is 262 g/mol. The summed E-state index contributed by atoms with van der Waals surface area (Å²) in [5, 5.41) is 0. The zero-order valence-corrected chi connectivity index (χ0v) is 9.51. The summed E-state index contributed by atoms with van der Waals surface area (Å²) in [5.74, 6) is -2.08. The number of carbonyl (C=O) groups excluding carboxylic acids is 2. The van der Waals surface area contributed by atoms with Crippen molar-refractivity contribution >= 4 is 46.7 Å². The Balaban J connectivity index is 2.70. The average Bonchev–Trinajstić information content (AvgIpc) is 2.17. The van der Waals surface area contributed by atoms with E-state index in [2.05, 4.69) is 4.74 Å². The van der Waals surface area contributed by atoms with Crippen LogP contribution in [0.2, 0.25) is 0 Å². The highest BCUT2D eigenvalue weighted by Crippen LogP contribution is 2.27. The highest BCUT2D eigenvalue weighted by molar-refractivity contribution is 6.75. The van der Waals surface area contributed by atoms with E-state index in [9.17, 15) is 9.59 Å². The van der Waals surface area contributed by atoms with Gasteiger partial charge in [0.05, 0.1) is 5.56 Å². The Morgan fingerprint density at radius 2 is 1.60 bits per heavy atom. The van der Waals surface area contributed by atoms with E-state index >= 15 is 0 Å². The van der Waals surface area contributed by atoms with E-state index < -0.39 is 15.7 Å². The van der Waals surface area contributed by atoms with Crippen LogP contribution in [0.3, 0.4) is 0 Å². The van der Waals surface area contributed by atoms with E-state index in [0.717, 1.165) is 0 Å². The minimum absolute atomic E-state index is 0.208. The molecule has 0 saturated heterocycles. The fraction of sp³-hybridized carbons (Fsp3) is 0.111. The van der Waals surface area contributed by atoms with Crippen molar-refractivity contribution < 1.29 is 14.3 Å². The molecule has 6 heteroatoms. The Morgan fingerprint density at radius 3 is 2.07 bits per heavy atom. The van der Waals surface area contributed by atoms with E-state index in [1.54, 1.807) is 18.2 Å². The summed E-state index contributed by atoms with van der Waals surface area (Å²) in [7, 11) is 0. The number of esters is 2. The van der Waals surface area contributed by atoms with Crippen molar-refractivity contribution in [3.8, 4) is 0 Å². The van der Waals surface area contributed by atoms with Crippen molar-refractivity contribution in [2.75, 3.05) is 0 Å². The maximum absolute atomic E-state index is 11.3. The topological polar surface area (TPSA) is 43.4 Å². The van der Waals surface area contributed by atoms with Gasteiger partial charge in [-0.15, -0.1) is 0 Å². The molecule has 0 radical (unpaired) electrons. The number of hydrogen-bond donors (Lipinski definition) is 0. The van der Waals surface area contributed by atoms with E-state index in [0.29, 0.717) is 0 Å². The fourth-order valence-corrected chi connectivity index (χ4v) is 0.891. The van der Waals surface area contributed by atoms with E-state index in [1.807, 2.05) is 0 Å². The van der Waals surface area contributed by atoms with E-state index in [1.165, 1.54) is 12.1 Å². The first kappa shape index (κ1) is 12.3. The molecule has 0 aromatic heterocycles. The molecular formula is C9H5Cl3O3. The zero-order chi connectivity index (χ0) is 11.5. The molecule has 0 fully saturated rings. The quantitative estimate of drug-likeness (QED) is 0.446. The van der Waals surface area contributed by atoms with Crippen molar-refractivity contribution in [3.63, 3.8) is 0 Å². The van der Waals surface area contributed by atoms with Crippen LogP contribution in [0.15, 0.2) is 30.3 Å². The van der Waals surface area contributed by atoms with Gasteiger partial charge in [-0.05, 0) is 12.1 Å². The molecule has 0 aliphatic carbocycles. The predicted molar refractivity (Wildman–Crippen MR) is 57.2 cm³/mol. The number of alkyl halides is 3. The second-order valence-electron chi connectivity index (χ2n) is 2.54. The van der Waals surface area contributed by atoms with Gasteiger partial charge in [0.1, 0.15) is 0 Å². The predicted octanol–water partition coefficient (Wildman–Crippen LogP) is 2.74. The van der Waals surface area contributed by atoms with Gasteiger partial charge in [0.25, 0.3) is 3.79 Å². The van der Waals surface area contributed by atoms with Crippen LogP contribution in [0.5, 0.6) is 0 Å². The Kier molecular flexibility index (Phi) is 3.97. The second kappa shape index (κ2) is 4.84. The summed E-state index contributed by atoms with van der Waals surface area (Å²) >= 11 is 15.7. The summed E-state index contributed by atoms with van der Waals surface area (Å²) in [6.07, 6.45) is 0. The molecule has 1 aromatic rings. The molecule has 80 valence electrons. The molecule has 15 heavy (non-hydrogen) atoms. The lowest BCUT2D eigenvalue weighted by molar-refractivity contribution is -0.136. The van der Waals surface area contributed by atoms with Crippen LogP contribution in [0.1, 0.15) is 10.4 Å². The van der Waals surface area contributed by atoms with Gasteiger partial charge in [0, 0.05) is 0 Å². The maximum atomic E-state index is 11.3. The van der Waals surface area contributed by atoms with Gasteiger partial charge >= 0.3 is 11.9 Å².